The smallest absolute Gasteiger partial charge is 0.310 e. The maximum atomic E-state index is 12.8. The minimum absolute atomic E-state index is 0.192. The van der Waals surface area contributed by atoms with E-state index in [1.807, 2.05) is 45.0 Å². The fourth-order valence-corrected chi connectivity index (χ4v) is 3.28. The zero-order valence-electron chi connectivity index (χ0n) is 15.1. The SMILES string of the molecule is CCCC(C(=O)OC(C)(C)C)[C@H](Cc1cccc(Br)c1)c1nn[nH]n1. The summed E-state index contributed by atoms with van der Waals surface area (Å²) in [5.41, 5.74) is 0.578. The molecule has 2 aromatic rings. The number of aromatic amines is 1. The lowest BCUT2D eigenvalue weighted by Gasteiger charge is -2.27. The molecule has 0 bridgehead atoms. The maximum Gasteiger partial charge on any atom is 0.310 e. The van der Waals surface area contributed by atoms with Gasteiger partial charge in [-0.3, -0.25) is 4.79 Å². The third-order valence-electron chi connectivity index (χ3n) is 3.83. The van der Waals surface area contributed by atoms with Gasteiger partial charge in [-0.05, 0) is 51.3 Å². The summed E-state index contributed by atoms with van der Waals surface area (Å²) in [6.45, 7) is 7.70. The van der Waals surface area contributed by atoms with Gasteiger partial charge in [0.25, 0.3) is 0 Å². The average Bonchev–Trinajstić information content (AvgIpc) is 3.03. The second-order valence-corrected chi connectivity index (χ2v) is 8.05. The van der Waals surface area contributed by atoms with E-state index < -0.39 is 5.60 Å². The molecule has 6 nitrogen and oxygen atoms in total. The van der Waals surface area contributed by atoms with Crippen LogP contribution in [-0.2, 0) is 16.0 Å². The molecule has 0 amide bonds. The van der Waals surface area contributed by atoms with Crippen LogP contribution in [-0.4, -0.2) is 32.2 Å². The van der Waals surface area contributed by atoms with Crippen LogP contribution in [0.3, 0.4) is 0 Å². The standard InChI is InChI=1S/C18H25BrN4O2/c1-5-7-14(17(24)25-18(2,3)4)15(16-20-22-23-21-16)11-12-8-6-9-13(19)10-12/h6,8-10,14-15H,5,7,11H2,1-4H3,(H,20,21,22,23)/t14?,15-/m0/s1. The molecular formula is C18H25BrN4O2. The first-order valence-electron chi connectivity index (χ1n) is 8.50. The number of carbonyl (C=O) groups excluding carboxylic acids is 1. The number of H-pyrrole nitrogens is 1. The molecule has 0 aliphatic rings. The Morgan fingerprint density at radius 2 is 2.12 bits per heavy atom. The van der Waals surface area contributed by atoms with Crippen molar-refractivity contribution < 1.29 is 9.53 Å². The Kier molecular flexibility index (Phi) is 6.70. The van der Waals surface area contributed by atoms with Crippen LogP contribution in [0.5, 0.6) is 0 Å². The van der Waals surface area contributed by atoms with Gasteiger partial charge in [0.15, 0.2) is 5.82 Å². The lowest BCUT2D eigenvalue weighted by molar-refractivity contribution is -0.161. The zero-order chi connectivity index (χ0) is 18.4. The molecule has 1 aromatic heterocycles. The lowest BCUT2D eigenvalue weighted by atomic mass is 9.83. The molecule has 1 N–H and O–H groups in total. The molecule has 2 atom stereocenters. The summed E-state index contributed by atoms with van der Waals surface area (Å²) < 4.78 is 6.66. The Balaban J connectivity index is 2.32. The molecule has 0 aliphatic heterocycles. The van der Waals surface area contributed by atoms with Gasteiger partial charge in [-0.15, -0.1) is 10.2 Å². The highest BCUT2D eigenvalue weighted by atomic mass is 79.9. The molecule has 0 aliphatic carbocycles. The van der Waals surface area contributed by atoms with Crippen LogP contribution >= 0.6 is 15.9 Å². The second kappa shape index (κ2) is 8.56. The van der Waals surface area contributed by atoms with E-state index in [1.165, 1.54) is 0 Å². The largest absolute Gasteiger partial charge is 0.460 e. The van der Waals surface area contributed by atoms with Crippen LogP contribution in [0, 0.1) is 5.92 Å². The van der Waals surface area contributed by atoms with Crippen molar-refractivity contribution in [2.45, 2.75) is 58.5 Å². The van der Waals surface area contributed by atoms with Crippen molar-refractivity contribution in [3.05, 3.63) is 40.1 Å². The Labute approximate surface area is 156 Å². The van der Waals surface area contributed by atoms with Gasteiger partial charge in [-0.25, -0.2) is 0 Å². The van der Waals surface area contributed by atoms with Crippen LogP contribution in [0.4, 0.5) is 0 Å². The van der Waals surface area contributed by atoms with Gasteiger partial charge in [-0.2, -0.15) is 5.21 Å². The van der Waals surface area contributed by atoms with E-state index in [0.29, 0.717) is 18.7 Å². The number of carbonyl (C=O) groups is 1. The highest BCUT2D eigenvalue weighted by molar-refractivity contribution is 9.10. The molecule has 0 spiro atoms. The summed E-state index contributed by atoms with van der Waals surface area (Å²) in [6, 6.07) is 8.04. The van der Waals surface area contributed by atoms with E-state index >= 15 is 0 Å². The van der Waals surface area contributed by atoms with Gasteiger partial charge in [0.2, 0.25) is 0 Å². The van der Waals surface area contributed by atoms with Crippen molar-refractivity contribution in [1.82, 2.24) is 20.6 Å². The quantitative estimate of drug-likeness (QED) is 0.698. The first-order chi connectivity index (χ1) is 11.8. The maximum absolute atomic E-state index is 12.8. The summed E-state index contributed by atoms with van der Waals surface area (Å²) in [7, 11) is 0. The van der Waals surface area contributed by atoms with E-state index in [0.717, 1.165) is 16.5 Å². The number of benzene rings is 1. The Morgan fingerprint density at radius 1 is 1.36 bits per heavy atom. The number of tetrazole rings is 1. The highest BCUT2D eigenvalue weighted by Crippen LogP contribution is 2.32. The van der Waals surface area contributed by atoms with Crippen molar-refractivity contribution in [2.75, 3.05) is 0 Å². The molecule has 1 unspecified atom stereocenters. The number of rotatable bonds is 7. The predicted molar refractivity (Wildman–Crippen MR) is 99.0 cm³/mol. The van der Waals surface area contributed by atoms with Crippen molar-refractivity contribution in [3.63, 3.8) is 0 Å². The topological polar surface area (TPSA) is 80.8 Å². The number of nitrogens with zero attached hydrogens (tertiary/aromatic N) is 3. The summed E-state index contributed by atoms with van der Waals surface area (Å²) in [6.07, 6.45) is 2.22. The predicted octanol–water partition coefficient (Wildman–Crippen LogP) is 4.05. The molecule has 0 fully saturated rings. The minimum Gasteiger partial charge on any atom is -0.460 e. The summed E-state index contributed by atoms with van der Waals surface area (Å²) in [5.74, 6) is -0.174. The van der Waals surface area contributed by atoms with Gasteiger partial charge in [-0.1, -0.05) is 46.6 Å². The number of halogens is 1. The number of hydrogen-bond acceptors (Lipinski definition) is 5. The van der Waals surface area contributed by atoms with Gasteiger partial charge < -0.3 is 4.74 Å². The van der Waals surface area contributed by atoms with Gasteiger partial charge >= 0.3 is 5.97 Å². The zero-order valence-corrected chi connectivity index (χ0v) is 16.7. The molecule has 1 heterocycles. The van der Waals surface area contributed by atoms with Gasteiger partial charge in [0.05, 0.1) is 5.92 Å². The van der Waals surface area contributed by atoms with Crippen molar-refractivity contribution in [1.29, 1.82) is 0 Å². The van der Waals surface area contributed by atoms with Crippen LogP contribution in [0.25, 0.3) is 0 Å². The fraction of sp³-hybridized carbons (Fsp3) is 0.556. The van der Waals surface area contributed by atoms with Crippen molar-refractivity contribution in [2.24, 2.45) is 5.92 Å². The molecular weight excluding hydrogens is 384 g/mol. The fourth-order valence-electron chi connectivity index (χ4n) is 2.83. The average molecular weight is 409 g/mol. The van der Waals surface area contributed by atoms with Crippen molar-refractivity contribution >= 4 is 21.9 Å². The summed E-state index contributed by atoms with van der Waals surface area (Å²) in [4.78, 5) is 12.8. The summed E-state index contributed by atoms with van der Waals surface area (Å²) >= 11 is 3.50. The highest BCUT2D eigenvalue weighted by Gasteiger charge is 2.35. The first-order valence-corrected chi connectivity index (χ1v) is 9.30. The monoisotopic (exact) mass is 408 g/mol. The van der Waals surface area contributed by atoms with Crippen LogP contribution in [0.15, 0.2) is 28.7 Å². The van der Waals surface area contributed by atoms with Crippen molar-refractivity contribution in [3.8, 4) is 0 Å². The molecule has 2 rings (SSSR count). The number of ether oxygens (including phenoxy) is 1. The molecule has 0 saturated heterocycles. The molecule has 7 heteroatoms. The van der Waals surface area contributed by atoms with Crippen LogP contribution in [0.2, 0.25) is 0 Å². The lowest BCUT2D eigenvalue weighted by Crippen LogP contribution is -2.33. The van der Waals surface area contributed by atoms with Crippen LogP contribution in [0.1, 0.15) is 57.8 Å². The van der Waals surface area contributed by atoms with Gasteiger partial charge in [0, 0.05) is 10.4 Å². The van der Waals surface area contributed by atoms with Crippen LogP contribution < -0.4 is 0 Å². The number of esters is 1. The number of nitrogens with one attached hydrogen (secondary N) is 1. The first kappa shape index (κ1) is 19.6. The minimum atomic E-state index is -0.527. The molecule has 1 aromatic carbocycles. The molecule has 0 saturated carbocycles. The second-order valence-electron chi connectivity index (χ2n) is 7.14. The van der Waals surface area contributed by atoms with E-state index in [1.54, 1.807) is 0 Å². The Bertz CT molecular complexity index is 683. The normalized spacial score (nSPS) is 14.1. The Hall–Kier alpha value is -1.76. The summed E-state index contributed by atoms with van der Waals surface area (Å²) in [5, 5.41) is 14.5. The molecule has 0 radical (unpaired) electrons. The van der Waals surface area contributed by atoms with E-state index in [4.69, 9.17) is 4.74 Å². The van der Waals surface area contributed by atoms with Gasteiger partial charge in [0.1, 0.15) is 5.60 Å². The third-order valence-corrected chi connectivity index (χ3v) is 4.33. The third kappa shape index (κ3) is 5.92. The van der Waals surface area contributed by atoms with E-state index in [2.05, 4.69) is 43.5 Å². The molecule has 25 heavy (non-hydrogen) atoms. The van der Waals surface area contributed by atoms with E-state index in [-0.39, 0.29) is 17.8 Å². The number of hydrogen-bond donors (Lipinski definition) is 1. The molecule has 136 valence electrons. The Morgan fingerprint density at radius 3 is 2.68 bits per heavy atom. The number of aromatic nitrogens is 4. The van der Waals surface area contributed by atoms with E-state index in [9.17, 15) is 4.79 Å².